The van der Waals surface area contributed by atoms with Crippen LogP contribution in [0.15, 0.2) is 57.8 Å². The Bertz CT molecular complexity index is 1060. The lowest BCUT2D eigenvalue weighted by molar-refractivity contribution is -0.115. The van der Waals surface area contributed by atoms with Crippen LogP contribution in [0.1, 0.15) is 12.5 Å². The Hall–Kier alpha value is -3.33. The predicted molar refractivity (Wildman–Crippen MR) is 113 cm³/mol. The summed E-state index contributed by atoms with van der Waals surface area (Å²) in [6.45, 7) is 3.71. The van der Waals surface area contributed by atoms with E-state index in [1.807, 2.05) is 31.2 Å². The maximum atomic E-state index is 12.4. The molecule has 0 bridgehead atoms. The Morgan fingerprint density at radius 3 is 2.59 bits per heavy atom. The standard InChI is InChI=1S/C20H20N4O4S/c1-12-6-8-15(9-7-12)21-17(25)11-29-13(2)19(26)22-16-5-3-4-14(10-16)18-23-20(27)28-24-18/h3-10,13H,11H2,1-2H3,(H,21,25)(H,22,26)(H,23,24,27). The molecule has 0 aliphatic heterocycles. The molecular formula is C20H20N4O4S. The van der Waals surface area contributed by atoms with Gasteiger partial charge in [-0.15, -0.1) is 11.8 Å². The van der Waals surface area contributed by atoms with E-state index in [9.17, 15) is 14.4 Å². The highest BCUT2D eigenvalue weighted by Crippen LogP contribution is 2.20. The molecule has 8 nitrogen and oxygen atoms in total. The first kappa shape index (κ1) is 20.4. The SMILES string of the molecule is Cc1ccc(NC(=O)CSC(C)C(=O)Nc2cccc(-c3noc(=O)[nH]3)c2)cc1. The Balaban J connectivity index is 1.52. The van der Waals surface area contributed by atoms with Crippen LogP contribution < -0.4 is 16.4 Å². The van der Waals surface area contributed by atoms with E-state index < -0.39 is 11.0 Å². The maximum Gasteiger partial charge on any atom is 0.439 e. The summed E-state index contributed by atoms with van der Waals surface area (Å²) in [7, 11) is 0. The largest absolute Gasteiger partial charge is 0.439 e. The molecule has 0 spiro atoms. The van der Waals surface area contributed by atoms with Gasteiger partial charge in [0.05, 0.1) is 11.0 Å². The highest BCUT2D eigenvalue weighted by molar-refractivity contribution is 8.01. The number of aryl methyl sites for hydroxylation is 1. The predicted octanol–water partition coefficient (Wildman–Crippen LogP) is 3.04. The van der Waals surface area contributed by atoms with Gasteiger partial charge in [-0.05, 0) is 38.1 Å². The van der Waals surface area contributed by atoms with Crippen LogP contribution in [-0.2, 0) is 9.59 Å². The summed E-state index contributed by atoms with van der Waals surface area (Å²) >= 11 is 1.24. The maximum absolute atomic E-state index is 12.4. The third-order valence-corrected chi connectivity index (χ3v) is 5.16. The number of carbonyl (C=O) groups is 2. The summed E-state index contributed by atoms with van der Waals surface area (Å²) in [6, 6.07) is 14.4. The second-order valence-corrected chi connectivity index (χ2v) is 7.71. The lowest BCUT2D eigenvalue weighted by Crippen LogP contribution is -2.25. The molecule has 3 aromatic rings. The zero-order valence-corrected chi connectivity index (χ0v) is 16.7. The molecule has 1 heterocycles. The van der Waals surface area contributed by atoms with Crippen LogP contribution >= 0.6 is 11.8 Å². The molecule has 3 N–H and O–H groups in total. The quantitative estimate of drug-likeness (QED) is 0.549. The third kappa shape index (κ3) is 5.82. The van der Waals surface area contributed by atoms with E-state index in [1.165, 1.54) is 11.8 Å². The van der Waals surface area contributed by atoms with Crippen LogP contribution in [0.2, 0.25) is 0 Å². The van der Waals surface area contributed by atoms with E-state index in [0.29, 0.717) is 11.3 Å². The molecule has 9 heteroatoms. The van der Waals surface area contributed by atoms with Gasteiger partial charge in [0, 0.05) is 16.9 Å². The average molecular weight is 412 g/mol. The second-order valence-electron chi connectivity index (χ2n) is 6.38. The van der Waals surface area contributed by atoms with Crippen LogP contribution in [0, 0.1) is 6.92 Å². The van der Waals surface area contributed by atoms with Crippen molar-refractivity contribution in [2.24, 2.45) is 0 Å². The average Bonchev–Trinajstić information content (AvgIpc) is 3.14. The van der Waals surface area contributed by atoms with Gasteiger partial charge in [0.25, 0.3) is 0 Å². The van der Waals surface area contributed by atoms with Gasteiger partial charge in [-0.25, -0.2) is 4.79 Å². The van der Waals surface area contributed by atoms with Crippen molar-refractivity contribution >= 4 is 35.0 Å². The molecule has 3 rings (SSSR count). The van der Waals surface area contributed by atoms with Crippen molar-refractivity contribution in [2.75, 3.05) is 16.4 Å². The number of anilines is 2. The number of amides is 2. The fourth-order valence-corrected chi connectivity index (χ4v) is 3.14. The van der Waals surface area contributed by atoms with Crippen LogP contribution in [0.4, 0.5) is 11.4 Å². The molecule has 0 radical (unpaired) electrons. The van der Waals surface area contributed by atoms with Crippen LogP contribution in [0.5, 0.6) is 0 Å². The third-order valence-electron chi connectivity index (χ3n) is 4.01. The minimum atomic E-state index is -0.650. The second kappa shape index (κ2) is 9.24. The van der Waals surface area contributed by atoms with Crippen LogP contribution in [0.3, 0.4) is 0 Å². The number of H-pyrrole nitrogens is 1. The topological polar surface area (TPSA) is 117 Å². The molecule has 1 unspecified atom stereocenters. The van der Waals surface area contributed by atoms with Gasteiger partial charge in [-0.1, -0.05) is 35.0 Å². The summed E-state index contributed by atoms with van der Waals surface area (Å²) < 4.78 is 4.49. The van der Waals surface area contributed by atoms with Crippen molar-refractivity contribution in [2.45, 2.75) is 19.1 Å². The zero-order valence-electron chi connectivity index (χ0n) is 15.9. The number of nitrogens with zero attached hydrogens (tertiary/aromatic N) is 1. The van der Waals surface area contributed by atoms with Crippen LogP contribution in [-0.4, -0.2) is 33.0 Å². The molecule has 0 aliphatic carbocycles. The Kier molecular flexibility index (Phi) is 6.50. The van der Waals surface area contributed by atoms with Gasteiger partial charge in [0.15, 0.2) is 5.82 Å². The number of aromatic nitrogens is 2. The van der Waals surface area contributed by atoms with Gasteiger partial charge in [-0.2, -0.15) is 0 Å². The molecule has 0 aliphatic rings. The molecule has 1 aromatic heterocycles. The molecule has 2 aromatic carbocycles. The van der Waals surface area contributed by atoms with E-state index in [4.69, 9.17) is 0 Å². The lowest BCUT2D eigenvalue weighted by atomic mass is 10.2. The van der Waals surface area contributed by atoms with Crippen LogP contribution in [0.25, 0.3) is 11.4 Å². The van der Waals surface area contributed by atoms with E-state index in [0.717, 1.165) is 11.3 Å². The number of nitrogens with one attached hydrogen (secondary N) is 3. The molecule has 29 heavy (non-hydrogen) atoms. The van der Waals surface area contributed by atoms with Gasteiger partial charge in [0.1, 0.15) is 0 Å². The fourth-order valence-electron chi connectivity index (χ4n) is 2.45. The number of benzene rings is 2. The van der Waals surface area contributed by atoms with Gasteiger partial charge >= 0.3 is 5.76 Å². The Labute approximate surface area is 171 Å². The minimum absolute atomic E-state index is 0.155. The lowest BCUT2D eigenvalue weighted by Gasteiger charge is -2.12. The summed E-state index contributed by atoms with van der Waals surface area (Å²) in [6.07, 6.45) is 0. The van der Waals surface area contributed by atoms with Gasteiger partial charge < -0.3 is 10.6 Å². The number of hydrogen-bond acceptors (Lipinski definition) is 6. The van der Waals surface area contributed by atoms with E-state index in [2.05, 4.69) is 25.3 Å². The zero-order chi connectivity index (χ0) is 20.8. The first-order valence-corrected chi connectivity index (χ1v) is 9.91. The summed E-state index contributed by atoms with van der Waals surface area (Å²) in [5.41, 5.74) is 2.99. The number of carbonyl (C=O) groups excluding carboxylic acids is 2. The first-order valence-electron chi connectivity index (χ1n) is 8.86. The van der Waals surface area contributed by atoms with E-state index >= 15 is 0 Å². The molecule has 2 amide bonds. The minimum Gasteiger partial charge on any atom is -0.325 e. The van der Waals surface area contributed by atoms with Crippen molar-refractivity contribution < 1.29 is 14.1 Å². The van der Waals surface area contributed by atoms with Crippen molar-refractivity contribution in [3.05, 3.63) is 64.6 Å². The van der Waals surface area contributed by atoms with Crippen molar-refractivity contribution in [1.82, 2.24) is 10.1 Å². The smallest absolute Gasteiger partial charge is 0.325 e. The number of aromatic amines is 1. The van der Waals surface area contributed by atoms with Crippen molar-refractivity contribution in [3.8, 4) is 11.4 Å². The molecule has 0 fully saturated rings. The summed E-state index contributed by atoms with van der Waals surface area (Å²) in [4.78, 5) is 38.0. The Morgan fingerprint density at radius 2 is 1.90 bits per heavy atom. The number of rotatable bonds is 7. The van der Waals surface area contributed by atoms with Gasteiger partial charge in [-0.3, -0.25) is 19.1 Å². The van der Waals surface area contributed by atoms with Crippen molar-refractivity contribution in [3.63, 3.8) is 0 Å². The molecular weight excluding hydrogens is 392 g/mol. The summed E-state index contributed by atoms with van der Waals surface area (Å²) in [5, 5.41) is 8.79. The monoisotopic (exact) mass is 412 g/mol. The molecule has 0 saturated carbocycles. The molecule has 150 valence electrons. The van der Waals surface area contributed by atoms with E-state index in [1.54, 1.807) is 31.2 Å². The normalized spacial score (nSPS) is 11.7. The highest BCUT2D eigenvalue weighted by atomic mass is 32.2. The Morgan fingerprint density at radius 1 is 1.14 bits per heavy atom. The fraction of sp³-hybridized carbons (Fsp3) is 0.200. The number of thioether (sulfide) groups is 1. The van der Waals surface area contributed by atoms with Crippen molar-refractivity contribution in [1.29, 1.82) is 0 Å². The molecule has 0 saturated heterocycles. The molecule has 1 atom stereocenters. The van der Waals surface area contributed by atoms with E-state index in [-0.39, 0.29) is 23.4 Å². The highest BCUT2D eigenvalue weighted by Gasteiger charge is 2.16. The number of hydrogen-bond donors (Lipinski definition) is 3. The summed E-state index contributed by atoms with van der Waals surface area (Å²) in [5.74, 6) is -0.619. The van der Waals surface area contributed by atoms with Gasteiger partial charge in [0.2, 0.25) is 11.8 Å². The first-order chi connectivity index (χ1) is 13.9.